The fourth-order valence-corrected chi connectivity index (χ4v) is 2.99. The van der Waals surface area contributed by atoms with Crippen molar-refractivity contribution in [2.45, 2.75) is 33.4 Å². The molecule has 1 aliphatic heterocycles. The third-order valence-corrected chi connectivity index (χ3v) is 4.14. The van der Waals surface area contributed by atoms with Crippen LogP contribution in [0.25, 0.3) is 5.82 Å². The molecule has 5 nitrogen and oxygen atoms in total. The number of rotatable bonds is 3. The third-order valence-electron chi connectivity index (χ3n) is 4.14. The van der Waals surface area contributed by atoms with Crippen molar-refractivity contribution < 1.29 is 0 Å². The molecule has 22 heavy (non-hydrogen) atoms. The first-order valence-corrected chi connectivity index (χ1v) is 7.57. The molecule has 1 N–H and O–H groups in total. The first-order chi connectivity index (χ1) is 10.1. The van der Waals surface area contributed by atoms with Crippen LogP contribution >= 0.6 is 12.4 Å². The average Bonchev–Trinajstić information content (AvgIpc) is 2.76. The zero-order valence-electron chi connectivity index (χ0n) is 13.4. The zero-order chi connectivity index (χ0) is 14.8. The zero-order valence-corrected chi connectivity index (χ0v) is 14.2. The van der Waals surface area contributed by atoms with Crippen molar-refractivity contribution in [3.63, 3.8) is 0 Å². The molecule has 3 rings (SSSR count). The van der Waals surface area contributed by atoms with E-state index in [9.17, 15) is 0 Å². The Balaban J connectivity index is 0.00000176. The van der Waals surface area contributed by atoms with Gasteiger partial charge in [-0.25, -0.2) is 9.67 Å². The minimum absolute atomic E-state index is 0. The average molecular weight is 322 g/mol. The summed E-state index contributed by atoms with van der Waals surface area (Å²) in [5, 5.41) is 8.16. The summed E-state index contributed by atoms with van der Waals surface area (Å²) in [6.45, 7) is 10.7. The highest BCUT2D eigenvalue weighted by molar-refractivity contribution is 5.85. The van der Waals surface area contributed by atoms with Crippen molar-refractivity contribution in [3.05, 3.63) is 41.3 Å². The molecule has 0 spiro atoms. The highest BCUT2D eigenvalue weighted by Crippen LogP contribution is 2.19. The van der Waals surface area contributed by atoms with E-state index < -0.39 is 0 Å². The monoisotopic (exact) mass is 321 g/mol. The topological polar surface area (TPSA) is 46.0 Å². The van der Waals surface area contributed by atoms with Gasteiger partial charge >= 0.3 is 0 Å². The molecule has 1 atom stereocenters. The van der Waals surface area contributed by atoms with Gasteiger partial charge < -0.3 is 5.32 Å². The molecule has 3 heterocycles. The van der Waals surface area contributed by atoms with Crippen LogP contribution in [0.15, 0.2) is 24.4 Å². The fraction of sp³-hybridized carbons (Fsp3) is 0.500. The summed E-state index contributed by atoms with van der Waals surface area (Å²) in [6.07, 6.45) is 1.81. The van der Waals surface area contributed by atoms with Gasteiger partial charge in [-0.3, -0.25) is 4.90 Å². The smallest absolute Gasteiger partial charge is 0.153 e. The standard InChI is InChI=1S/C16H23N5.ClH/c1-12-10-20(9-8-17-12)11-15-13(2)19-21(14(15)3)16-6-4-5-7-18-16;/h4-7,12,17H,8-11H2,1-3H3;1H. The predicted molar refractivity (Wildman–Crippen MR) is 90.8 cm³/mol. The van der Waals surface area contributed by atoms with Gasteiger partial charge in [-0.2, -0.15) is 5.10 Å². The number of hydrogen-bond acceptors (Lipinski definition) is 4. The summed E-state index contributed by atoms with van der Waals surface area (Å²) in [7, 11) is 0. The van der Waals surface area contributed by atoms with Crippen LogP contribution < -0.4 is 5.32 Å². The number of piperazine rings is 1. The third kappa shape index (κ3) is 3.48. The number of hydrogen-bond donors (Lipinski definition) is 1. The van der Waals surface area contributed by atoms with E-state index in [0.29, 0.717) is 6.04 Å². The normalized spacial score (nSPS) is 19.0. The molecule has 0 radical (unpaired) electrons. The number of halogens is 1. The van der Waals surface area contributed by atoms with Crippen molar-refractivity contribution in [3.8, 4) is 5.82 Å². The lowest BCUT2D eigenvalue weighted by Crippen LogP contribution is -2.48. The lowest BCUT2D eigenvalue weighted by atomic mass is 10.1. The second kappa shape index (κ2) is 7.22. The Bertz CT molecular complexity index is 610. The highest BCUT2D eigenvalue weighted by Gasteiger charge is 2.20. The number of nitrogens with zero attached hydrogens (tertiary/aromatic N) is 4. The summed E-state index contributed by atoms with van der Waals surface area (Å²) in [4.78, 5) is 6.90. The molecule has 0 aliphatic carbocycles. The van der Waals surface area contributed by atoms with Crippen LogP contribution in [-0.4, -0.2) is 45.3 Å². The quantitative estimate of drug-likeness (QED) is 0.940. The van der Waals surface area contributed by atoms with Gasteiger partial charge in [-0.15, -0.1) is 12.4 Å². The largest absolute Gasteiger partial charge is 0.312 e. The minimum atomic E-state index is 0. The molecule has 1 aliphatic rings. The van der Waals surface area contributed by atoms with Crippen LogP contribution in [-0.2, 0) is 6.54 Å². The summed E-state index contributed by atoms with van der Waals surface area (Å²) in [5.74, 6) is 0.887. The van der Waals surface area contributed by atoms with Crippen LogP contribution in [0.5, 0.6) is 0 Å². The number of aryl methyl sites for hydroxylation is 1. The Kier molecular flexibility index (Phi) is 5.56. The van der Waals surface area contributed by atoms with Gasteiger partial charge in [0.1, 0.15) is 0 Å². The molecule has 1 saturated heterocycles. The molecule has 0 amide bonds. The van der Waals surface area contributed by atoms with Crippen molar-refractivity contribution in [2.75, 3.05) is 19.6 Å². The summed E-state index contributed by atoms with van der Waals surface area (Å²) in [6, 6.07) is 6.48. The fourth-order valence-electron chi connectivity index (χ4n) is 2.99. The van der Waals surface area contributed by atoms with E-state index in [4.69, 9.17) is 0 Å². The summed E-state index contributed by atoms with van der Waals surface area (Å²) < 4.78 is 1.95. The molecule has 0 bridgehead atoms. The Labute approximate surface area is 138 Å². The van der Waals surface area contributed by atoms with Crippen molar-refractivity contribution in [1.29, 1.82) is 0 Å². The van der Waals surface area contributed by atoms with E-state index in [1.54, 1.807) is 0 Å². The van der Waals surface area contributed by atoms with Gasteiger partial charge in [0.25, 0.3) is 0 Å². The minimum Gasteiger partial charge on any atom is -0.312 e. The number of pyridine rings is 1. The molecule has 2 aromatic heterocycles. The first kappa shape index (κ1) is 16.9. The number of aromatic nitrogens is 3. The van der Waals surface area contributed by atoms with Gasteiger partial charge in [-0.05, 0) is 32.9 Å². The number of nitrogens with one attached hydrogen (secondary N) is 1. The van der Waals surface area contributed by atoms with E-state index in [1.165, 1.54) is 11.3 Å². The van der Waals surface area contributed by atoms with Crippen LogP contribution in [0.4, 0.5) is 0 Å². The van der Waals surface area contributed by atoms with E-state index in [0.717, 1.165) is 37.7 Å². The van der Waals surface area contributed by atoms with Gasteiger partial charge in [-0.1, -0.05) is 6.07 Å². The van der Waals surface area contributed by atoms with E-state index in [1.807, 2.05) is 29.1 Å². The Morgan fingerprint density at radius 3 is 2.82 bits per heavy atom. The van der Waals surface area contributed by atoms with Crippen LogP contribution in [0.1, 0.15) is 23.9 Å². The Hall–Kier alpha value is -1.43. The van der Waals surface area contributed by atoms with Crippen molar-refractivity contribution >= 4 is 12.4 Å². The van der Waals surface area contributed by atoms with Gasteiger partial charge in [0.2, 0.25) is 0 Å². The molecule has 6 heteroatoms. The van der Waals surface area contributed by atoms with Crippen LogP contribution in [0.2, 0.25) is 0 Å². The van der Waals surface area contributed by atoms with E-state index >= 15 is 0 Å². The molecule has 0 aromatic carbocycles. The van der Waals surface area contributed by atoms with Crippen molar-refractivity contribution in [1.82, 2.24) is 25.0 Å². The molecule has 0 saturated carbocycles. The van der Waals surface area contributed by atoms with Crippen LogP contribution in [0.3, 0.4) is 0 Å². The molecule has 120 valence electrons. The molecular weight excluding hydrogens is 298 g/mol. The highest BCUT2D eigenvalue weighted by atomic mass is 35.5. The maximum atomic E-state index is 4.68. The summed E-state index contributed by atoms with van der Waals surface area (Å²) >= 11 is 0. The molecular formula is C16H24ClN5. The van der Waals surface area contributed by atoms with E-state index in [2.05, 4.69) is 41.1 Å². The second-order valence-electron chi connectivity index (χ2n) is 5.84. The molecule has 1 fully saturated rings. The Morgan fingerprint density at radius 2 is 2.14 bits per heavy atom. The summed E-state index contributed by atoms with van der Waals surface area (Å²) in [5.41, 5.74) is 3.62. The molecule has 2 aromatic rings. The van der Waals surface area contributed by atoms with E-state index in [-0.39, 0.29) is 12.4 Å². The van der Waals surface area contributed by atoms with Gasteiger partial charge in [0.15, 0.2) is 5.82 Å². The van der Waals surface area contributed by atoms with Crippen molar-refractivity contribution in [2.24, 2.45) is 0 Å². The first-order valence-electron chi connectivity index (χ1n) is 7.57. The lowest BCUT2D eigenvalue weighted by Gasteiger charge is -2.31. The van der Waals surface area contributed by atoms with Crippen LogP contribution in [0, 0.1) is 13.8 Å². The van der Waals surface area contributed by atoms with Gasteiger partial charge in [0.05, 0.1) is 5.69 Å². The predicted octanol–water partition coefficient (Wildman–Crippen LogP) is 2.10. The maximum Gasteiger partial charge on any atom is 0.153 e. The second-order valence-corrected chi connectivity index (χ2v) is 5.84. The molecule has 1 unspecified atom stereocenters. The maximum absolute atomic E-state index is 4.68. The van der Waals surface area contributed by atoms with Gasteiger partial charge in [0, 0.05) is 49.7 Å². The lowest BCUT2D eigenvalue weighted by molar-refractivity contribution is 0.199. The Morgan fingerprint density at radius 1 is 1.32 bits per heavy atom. The SMILES string of the molecule is Cc1nn(-c2ccccn2)c(C)c1CN1CCNC(C)C1.Cl.